The van der Waals surface area contributed by atoms with E-state index in [2.05, 4.69) is 26.7 Å². The Hall–Kier alpha value is -1.40. The molecule has 6 heteroatoms. The molecule has 0 aliphatic heterocycles. The zero-order valence-corrected chi connectivity index (χ0v) is 11.4. The van der Waals surface area contributed by atoms with Crippen LogP contribution in [0.2, 0.25) is 0 Å². The fourth-order valence-electron chi connectivity index (χ4n) is 1.86. The summed E-state index contributed by atoms with van der Waals surface area (Å²) >= 11 is 1.58. The molecule has 0 aromatic carbocycles. The highest BCUT2D eigenvalue weighted by Crippen LogP contribution is 2.19. The maximum Gasteiger partial charge on any atom is 0.190 e. The molecule has 0 aliphatic carbocycles. The van der Waals surface area contributed by atoms with Crippen molar-refractivity contribution in [1.82, 2.24) is 19.7 Å². The third-order valence-electron chi connectivity index (χ3n) is 2.73. The number of aromatic nitrogens is 4. The maximum atomic E-state index is 6.20. The first-order chi connectivity index (χ1) is 8.76. The minimum absolute atomic E-state index is 0.173. The molecule has 0 saturated heterocycles. The van der Waals surface area contributed by atoms with Gasteiger partial charge in [0.25, 0.3) is 0 Å². The second kappa shape index (κ2) is 5.97. The molecule has 0 unspecified atom stereocenters. The standard InChI is InChI=1S/C12H17N5S/c1-3-17-11(15-16-12(17)18-2)10(13)8-9-6-4-5-7-14-9/h4-7,10H,3,8,13H2,1-2H3/t10-/m1/s1. The Morgan fingerprint density at radius 1 is 1.39 bits per heavy atom. The van der Waals surface area contributed by atoms with E-state index in [1.165, 1.54) is 0 Å². The molecule has 18 heavy (non-hydrogen) atoms. The van der Waals surface area contributed by atoms with Gasteiger partial charge in [-0.05, 0) is 25.3 Å². The van der Waals surface area contributed by atoms with Crippen LogP contribution < -0.4 is 5.73 Å². The predicted molar refractivity (Wildman–Crippen MR) is 72.3 cm³/mol. The van der Waals surface area contributed by atoms with E-state index in [9.17, 15) is 0 Å². The van der Waals surface area contributed by atoms with E-state index in [1.54, 1.807) is 18.0 Å². The first-order valence-corrected chi connectivity index (χ1v) is 7.11. The smallest absolute Gasteiger partial charge is 0.190 e. The number of nitrogens with two attached hydrogens (primary N) is 1. The Morgan fingerprint density at radius 2 is 2.22 bits per heavy atom. The van der Waals surface area contributed by atoms with Gasteiger partial charge in [-0.1, -0.05) is 17.8 Å². The lowest BCUT2D eigenvalue weighted by atomic mass is 10.1. The molecule has 2 heterocycles. The average molecular weight is 263 g/mol. The van der Waals surface area contributed by atoms with Gasteiger partial charge in [0.05, 0.1) is 6.04 Å². The fraction of sp³-hybridized carbons (Fsp3) is 0.417. The van der Waals surface area contributed by atoms with E-state index in [0.29, 0.717) is 6.42 Å². The van der Waals surface area contributed by atoms with Gasteiger partial charge in [-0.25, -0.2) is 0 Å². The van der Waals surface area contributed by atoms with Gasteiger partial charge in [-0.3, -0.25) is 4.98 Å². The molecule has 2 N–H and O–H groups in total. The van der Waals surface area contributed by atoms with Crippen LogP contribution >= 0.6 is 11.8 Å². The van der Waals surface area contributed by atoms with Gasteiger partial charge in [-0.15, -0.1) is 10.2 Å². The largest absolute Gasteiger partial charge is 0.321 e. The summed E-state index contributed by atoms with van der Waals surface area (Å²) in [4.78, 5) is 4.28. The minimum Gasteiger partial charge on any atom is -0.321 e. The van der Waals surface area contributed by atoms with Gasteiger partial charge in [0, 0.05) is 24.9 Å². The van der Waals surface area contributed by atoms with Crippen molar-refractivity contribution in [2.45, 2.75) is 31.1 Å². The van der Waals surface area contributed by atoms with Crippen LogP contribution in [0.4, 0.5) is 0 Å². The van der Waals surface area contributed by atoms with Crippen LogP contribution in [0.15, 0.2) is 29.6 Å². The van der Waals surface area contributed by atoms with Crippen molar-refractivity contribution in [3.63, 3.8) is 0 Å². The normalized spacial score (nSPS) is 12.6. The fourth-order valence-corrected chi connectivity index (χ4v) is 2.42. The van der Waals surface area contributed by atoms with Crippen molar-refractivity contribution >= 4 is 11.8 Å². The van der Waals surface area contributed by atoms with E-state index in [1.807, 2.05) is 24.5 Å². The van der Waals surface area contributed by atoms with E-state index in [-0.39, 0.29) is 6.04 Å². The third-order valence-corrected chi connectivity index (χ3v) is 3.40. The SMILES string of the molecule is CCn1c(SC)nnc1[C@H](N)Cc1ccccn1. The number of rotatable bonds is 5. The third kappa shape index (κ3) is 2.70. The molecule has 5 nitrogen and oxygen atoms in total. The summed E-state index contributed by atoms with van der Waals surface area (Å²) in [6.07, 6.45) is 4.44. The Kier molecular flexibility index (Phi) is 4.33. The molecule has 96 valence electrons. The van der Waals surface area contributed by atoms with Crippen LogP contribution in [0.1, 0.15) is 24.5 Å². The Morgan fingerprint density at radius 3 is 2.83 bits per heavy atom. The Labute approximate surface area is 111 Å². The quantitative estimate of drug-likeness (QED) is 0.831. The average Bonchev–Trinajstić information content (AvgIpc) is 2.82. The van der Waals surface area contributed by atoms with Crippen molar-refractivity contribution < 1.29 is 0 Å². The molecule has 2 rings (SSSR count). The molecule has 0 radical (unpaired) electrons. The highest BCUT2D eigenvalue weighted by Gasteiger charge is 2.17. The van der Waals surface area contributed by atoms with E-state index < -0.39 is 0 Å². The Bertz CT molecular complexity index is 496. The van der Waals surface area contributed by atoms with E-state index in [0.717, 1.165) is 23.2 Å². The molecule has 2 aromatic heterocycles. The van der Waals surface area contributed by atoms with Crippen molar-refractivity contribution in [2.24, 2.45) is 5.73 Å². The van der Waals surface area contributed by atoms with Crippen LogP contribution in [0.3, 0.4) is 0 Å². The lowest BCUT2D eigenvalue weighted by Gasteiger charge is -2.12. The second-order valence-corrected chi connectivity index (χ2v) is 4.69. The molecule has 0 fully saturated rings. The Balaban J connectivity index is 2.18. The first kappa shape index (κ1) is 13.0. The number of nitrogens with zero attached hydrogens (tertiary/aromatic N) is 4. The molecule has 0 amide bonds. The summed E-state index contributed by atoms with van der Waals surface area (Å²) in [5.74, 6) is 0.826. The van der Waals surface area contributed by atoms with Crippen LogP contribution in [-0.4, -0.2) is 26.0 Å². The first-order valence-electron chi connectivity index (χ1n) is 5.88. The van der Waals surface area contributed by atoms with Gasteiger partial charge < -0.3 is 10.3 Å². The molecule has 0 saturated carbocycles. The highest BCUT2D eigenvalue weighted by molar-refractivity contribution is 7.98. The minimum atomic E-state index is -0.173. The lowest BCUT2D eigenvalue weighted by molar-refractivity contribution is 0.572. The highest BCUT2D eigenvalue weighted by atomic mass is 32.2. The number of pyridine rings is 1. The summed E-state index contributed by atoms with van der Waals surface area (Å²) in [5, 5.41) is 9.24. The number of hydrogen-bond acceptors (Lipinski definition) is 5. The zero-order chi connectivity index (χ0) is 13.0. The van der Waals surface area contributed by atoms with Gasteiger partial charge in [0.1, 0.15) is 0 Å². The molecule has 2 aromatic rings. The van der Waals surface area contributed by atoms with Gasteiger partial charge in [-0.2, -0.15) is 0 Å². The van der Waals surface area contributed by atoms with E-state index in [4.69, 9.17) is 5.73 Å². The summed E-state index contributed by atoms with van der Waals surface area (Å²) in [6.45, 7) is 2.90. The molecular weight excluding hydrogens is 246 g/mol. The molecule has 0 bridgehead atoms. The topological polar surface area (TPSA) is 69.6 Å². The summed E-state index contributed by atoms with van der Waals surface area (Å²) in [7, 11) is 0. The summed E-state index contributed by atoms with van der Waals surface area (Å²) < 4.78 is 2.05. The van der Waals surface area contributed by atoms with Crippen LogP contribution in [0.5, 0.6) is 0 Å². The van der Waals surface area contributed by atoms with Crippen molar-refractivity contribution in [3.8, 4) is 0 Å². The van der Waals surface area contributed by atoms with Gasteiger partial charge >= 0.3 is 0 Å². The summed E-state index contributed by atoms with van der Waals surface area (Å²) in [5.41, 5.74) is 7.17. The van der Waals surface area contributed by atoms with Crippen LogP contribution in [-0.2, 0) is 13.0 Å². The van der Waals surface area contributed by atoms with Crippen molar-refractivity contribution in [1.29, 1.82) is 0 Å². The van der Waals surface area contributed by atoms with Crippen LogP contribution in [0.25, 0.3) is 0 Å². The molecule has 1 atom stereocenters. The lowest BCUT2D eigenvalue weighted by Crippen LogP contribution is -2.19. The number of thioether (sulfide) groups is 1. The molecular formula is C12H17N5S. The maximum absolute atomic E-state index is 6.20. The van der Waals surface area contributed by atoms with E-state index >= 15 is 0 Å². The molecule has 0 spiro atoms. The van der Waals surface area contributed by atoms with Crippen molar-refractivity contribution in [3.05, 3.63) is 35.9 Å². The second-order valence-electron chi connectivity index (χ2n) is 3.92. The molecule has 0 aliphatic rings. The summed E-state index contributed by atoms with van der Waals surface area (Å²) in [6, 6.07) is 5.66. The van der Waals surface area contributed by atoms with Gasteiger partial charge in [0.15, 0.2) is 11.0 Å². The van der Waals surface area contributed by atoms with Crippen LogP contribution in [0, 0.1) is 0 Å². The zero-order valence-electron chi connectivity index (χ0n) is 10.6. The predicted octanol–water partition coefficient (Wildman–Crippen LogP) is 1.66. The van der Waals surface area contributed by atoms with Crippen molar-refractivity contribution in [2.75, 3.05) is 6.26 Å². The monoisotopic (exact) mass is 263 g/mol. The number of hydrogen-bond donors (Lipinski definition) is 1. The van der Waals surface area contributed by atoms with Gasteiger partial charge in [0.2, 0.25) is 0 Å².